The van der Waals surface area contributed by atoms with Crippen LogP contribution in [0.4, 0.5) is 0 Å². The number of nitrogens with one attached hydrogen (secondary N) is 2. The van der Waals surface area contributed by atoms with Crippen molar-refractivity contribution in [3.63, 3.8) is 0 Å². The first kappa shape index (κ1) is 22.5. The third kappa shape index (κ3) is 8.07. The molecule has 28 heavy (non-hydrogen) atoms. The molecule has 0 bridgehead atoms. The van der Waals surface area contributed by atoms with Gasteiger partial charge in [0.25, 0.3) is 0 Å². The summed E-state index contributed by atoms with van der Waals surface area (Å²) in [6, 6.07) is 6.38. The highest BCUT2D eigenvalue weighted by molar-refractivity contribution is 5.79. The van der Waals surface area contributed by atoms with Crippen LogP contribution in [0.1, 0.15) is 37.3 Å². The van der Waals surface area contributed by atoms with E-state index in [0.717, 1.165) is 49.8 Å². The number of hydrogen-bond acceptors (Lipinski definition) is 4. The summed E-state index contributed by atoms with van der Waals surface area (Å²) >= 11 is 0. The Bertz CT molecular complexity index is 605. The summed E-state index contributed by atoms with van der Waals surface area (Å²) in [5.41, 5.74) is 2.38. The van der Waals surface area contributed by atoms with E-state index in [0.29, 0.717) is 6.54 Å². The summed E-state index contributed by atoms with van der Waals surface area (Å²) in [7, 11) is 4.04. The van der Waals surface area contributed by atoms with Gasteiger partial charge in [0.1, 0.15) is 5.75 Å². The van der Waals surface area contributed by atoms with E-state index >= 15 is 0 Å². The molecule has 0 amide bonds. The molecule has 1 aliphatic rings. The first-order valence-electron chi connectivity index (χ1n) is 10.7. The van der Waals surface area contributed by atoms with Gasteiger partial charge in [-0.05, 0) is 64.5 Å². The van der Waals surface area contributed by atoms with Crippen LogP contribution in [0, 0.1) is 6.92 Å². The molecule has 2 N–H and O–H groups in total. The van der Waals surface area contributed by atoms with Crippen LogP contribution in [0.2, 0.25) is 0 Å². The molecule has 1 aromatic rings. The lowest BCUT2D eigenvalue weighted by Crippen LogP contribution is -2.38. The topological polar surface area (TPSA) is 52.1 Å². The van der Waals surface area contributed by atoms with Crippen molar-refractivity contribution in [3.05, 3.63) is 29.3 Å². The molecule has 158 valence electrons. The van der Waals surface area contributed by atoms with Crippen LogP contribution >= 0.6 is 0 Å². The molecule has 1 fully saturated rings. The summed E-state index contributed by atoms with van der Waals surface area (Å²) in [4.78, 5) is 9.35. The Balaban J connectivity index is 1.73. The van der Waals surface area contributed by atoms with Crippen molar-refractivity contribution in [2.45, 2.75) is 39.7 Å². The highest BCUT2D eigenvalue weighted by atomic mass is 16.5. The highest BCUT2D eigenvalue weighted by Gasteiger charge is 2.11. The van der Waals surface area contributed by atoms with Crippen molar-refractivity contribution >= 4 is 5.96 Å². The number of likely N-dealkylation sites (N-methyl/N-ethyl adjacent to an activating group) is 1. The minimum absolute atomic E-state index is 0.706. The molecule has 1 aliphatic heterocycles. The molecule has 0 spiro atoms. The molecule has 0 radical (unpaired) electrons. The minimum Gasteiger partial charge on any atom is -0.493 e. The van der Waals surface area contributed by atoms with E-state index in [4.69, 9.17) is 4.74 Å². The number of nitrogens with zero attached hydrogens (tertiary/aromatic N) is 3. The smallest absolute Gasteiger partial charge is 0.191 e. The summed E-state index contributed by atoms with van der Waals surface area (Å²) < 4.78 is 5.91. The monoisotopic (exact) mass is 389 g/mol. The second-order valence-electron chi connectivity index (χ2n) is 7.66. The van der Waals surface area contributed by atoms with Gasteiger partial charge >= 0.3 is 0 Å². The minimum atomic E-state index is 0.706. The van der Waals surface area contributed by atoms with Crippen molar-refractivity contribution in [2.24, 2.45) is 4.99 Å². The largest absolute Gasteiger partial charge is 0.493 e. The van der Waals surface area contributed by atoms with Gasteiger partial charge in [-0.2, -0.15) is 0 Å². The molecule has 0 saturated carbocycles. The zero-order valence-corrected chi connectivity index (χ0v) is 18.3. The van der Waals surface area contributed by atoms with Gasteiger partial charge in [-0.25, -0.2) is 0 Å². The average molecular weight is 390 g/mol. The molecule has 0 unspecified atom stereocenters. The molecular weight excluding hydrogens is 350 g/mol. The standard InChI is InChI=1S/C22H39N5O/c1-5-16-28-21-17-19(2)8-9-20(21)18-25-22(23-3)24-10-6-12-27-13-7-11-26(4)14-15-27/h8-9,17H,5-7,10-16,18H2,1-4H3,(H2,23,24,25). The molecule has 6 heteroatoms. The van der Waals surface area contributed by atoms with E-state index in [2.05, 4.69) is 64.5 Å². The lowest BCUT2D eigenvalue weighted by molar-refractivity contribution is 0.274. The van der Waals surface area contributed by atoms with Gasteiger partial charge in [0.15, 0.2) is 5.96 Å². The lowest BCUT2D eigenvalue weighted by atomic mass is 10.1. The molecule has 1 heterocycles. The molecule has 6 nitrogen and oxygen atoms in total. The Morgan fingerprint density at radius 3 is 2.82 bits per heavy atom. The number of rotatable bonds is 9. The van der Waals surface area contributed by atoms with Gasteiger partial charge in [-0.1, -0.05) is 19.1 Å². The van der Waals surface area contributed by atoms with Gasteiger partial charge in [0.05, 0.1) is 6.61 Å². The normalized spacial score (nSPS) is 16.6. The lowest BCUT2D eigenvalue weighted by Gasteiger charge is -2.20. The fraction of sp³-hybridized carbons (Fsp3) is 0.682. The maximum absolute atomic E-state index is 5.91. The van der Waals surface area contributed by atoms with Crippen molar-refractivity contribution < 1.29 is 4.74 Å². The third-order valence-electron chi connectivity index (χ3n) is 5.11. The number of benzene rings is 1. The van der Waals surface area contributed by atoms with Gasteiger partial charge in [0, 0.05) is 38.8 Å². The number of hydrogen-bond donors (Lipinski definition) is 2. The maximum atomic E-state index is 5.91. The van der Waals surface area contributed by atoms with Crippen LogP contribution in [0.5, 0.6) is 5.75 Å². The second-order valence-corrected chi connectivity index (χ2v) is 7.66. The van der Waals surface area contributed by atoms with Crippen LogP contribution in [0.3, 0.4) is 0 Å². The molecule has 0 aliphatic carbocycles. The second kappa shape index (κ2) is 12.6. The summed E-state index contributed by atoms with van der Waals surface area (Å²) in [5.74, 6) is 1.81. The summed E-state index contributed by atoms with van der Waals surface area (Å²) in [5, 5.41) is 6.85. The van der Waals surface area contributed by atoms with E-state index in [9.17, 15) is 0 Å². The van der Waals surface area contributed by atoms with Crippen molar-refractivity contribution in [1.82, 2.24) is 20.4 Å². The maximum Gasteiger partial charge on any atom is 0.191 e. The summed E-state index contributed by atoms with van der Waals surface area (Å²) in [6.45, 7) is 12.5. The van der Waals surface area contributed by atoms with Crippen LogP contribution in [-0.4, -0.2) is 75.7 Å². The zero-order chi connectivity index (χ0) is 20.2. The predicted molar refractivity (Wildman–Crippen MR) is 118 cm³/mol. The quantitative estimate of drug-likeness (QED) is 0.386. The van der Waals surface area contributed by atoms with E-state index in [1.54, 1.807) is 0 Å². The van der Waals surface area contributed by atoms with Crippen LogP contribution in [0.25, 0.3) is 0 Å². The summed E-state index contributed by atoms with van der Waals surface area (Å²) in [6.07, 6.45) is 3.41. The Morgan fingerprint density at radius 2 is 2.04 bits per heavy atom. The van der Waals surface area contributed by atoms with Gasteiger partial charge in [0.2, 0.25) is 0 Å². The van der Waals surface area contributed by atoms with Crippen LogP contribution < -0.4 is 15.4 Å². The predicted octanol–water partition coefficient (Wildman–Crippen LogP) is 2.48. The first-order chi connectivity index (χ1) is 13.6. The van der Waals surface area contributed by atoms with Crippen molar-refractivity contribution in [3.8, 4) is 5.75 Å². The molecule has 2 rings (SSSR count). The number of ether oxygens (including phenoxy) is 1. The van der Waals surface area contributed by atoms with Crippen molar-refractivity contribution in [2.75, 3.05) is 60.0 Å². The fourth-order valence-electron chi connectivity index (χ4n) is 3.39. The average Bonchev–Trinajstić information content (AvgIpc) is 2.91. The number of aryl methyl sites for hydroxylation is 1. The van der Waals surface area contributed by atoms with Crippen LogP contribution in [-0.2, 0) is 6.54 Å². The number of guanidine groups is 1. The molecule has 1 saturated heterocycles. The molecule has 0 atom stereocenters. The molecule has 0 aromatic heterocycles. The van der Waals surface area contributed by atoms with E-state index in [1.165, 1.54) is 38.2 Å². The zero-order valence-electron chi connectivity index (χ0n) is 18.3. The van der Waals surface area contributed by atoms with Gasteiger partial charge in [-0.15, -0.1) is 0 Å². The third-order valence-corrected chi connectivity index (χ3v) is 5.11. The fourth-order valence-corrected chi connectivity index (χ4v) is 3.39. The SMILES string of the molecule is CCCOc1cc(C)ccc1CNC(=NC)NCCCN1CCCN(C)CC1. The Kier molecular flexibility index (Phi) is 10.1. The van der Waals surface area contributed by atoms with Gasteiger partial charge < -0.3 is 25.2 Å². The number of aliphatic imine (C=N–C) groups is 1. The van der Waals surface area contributed by atoms with Crippen LogP contribution in [0.15, 0.2) is 23.2 Å². The Morgan fingerprint density at radius 1 is 1.18 bits per heavy atom. The van der Waals surface area contributed by atoms with E-state index in [1.807, 2.05) is 7.05 Å². The van der Waals surface area contributed by atoms with E-state index < -0.39 is 0 Å². The Labute approximate surface area is 171 Å². The molecular formula is C22H39N5O. The van der Waals surface area contributed by atoms with Gasteiger partial charge in [-0.3, -0.25) is 4.99 Å². The first-order valence-corrected chi connectivity index (χ1v) is 10.7. The van der Waals surface area contributed by atoms with E-state index in [-0.39, 0.29) is 0 Å². The van der Waals surface area contributed by atoms with Crippen molar-refractivity contribution in [1.29, 1.82) is 0 Å². The Hall–Kier alpha value is -1.79. The molecule has 1 aromatic carbocycles. The highest BCUT2D eigenvalue weighted by Crippen LogP contribution is 2.20.